The standard InChI is InChI=1S/C13H12O3.Li.H/c1-2-3-5-10-12(14)16-13(15)11-8-6-4-7-9-11;;/h2-10H,1H3;;/b3-2+,10-5+;;. The third kappa shape index (κ3) is 5.91. The van der Waals surface area contributed by atoms with Crippen molar-refractivity contribution in [1.82, 2.24) is 0 Å². The van der Waals surface area contributed by atoms with E-state index < -0.39 is 11.9 Å². The molecule has 0 saturated heterocycles. The van der Waals surface area contributed by atoms with Crippen molar-refractivity contribution in [2.45, 2.75) is 6.92 Å². The van der Waals surface area contributed by atoms with E-state index in [1.807, 2.05) is 6.92 Å². The van der Waals surface area contributed by atoms with Crippen molar-refractivity contribution in [3.05, 3.63) is 60.2 Å². The molecule has 0 aliphatic rings. The van der Waals surface area contributed by atoms with Gasteiger partial charge in [-0.1, -0.05) is 36.4 Å². The Morgan fingerprint density at radius 3 is 2.35 bits per heavy atom. The normalized spacial score (nSPS) is 10.2. The summed E-state index contributed by atoms with van der Waals surface area (Å²) in [5, 5.41) is 0. The third-order valence-corrected chi connectivity index (χ3v) is 1.74. The summed E-state index contributed by atoms with van der Waals surface area (Å²) < 4.78 is 4.58. The summed E-state index contributed by atoms with van der Waals surface area (Å²) in [4.78, 5) is 22.5. The van der Waals surface area contributed by atoms with E-state index in [1.54, 1.807) is 42.5 Å². The van der Waals surface area contributed by atoms with Crippen LogP contribution in [0.25, 0.3) is 0 Å². The molecule has 0 unspecified atom stereocenters. The van der Waals surface area contributed by atoms with Gasteiger partial charge in [0.15, 0.2) is 0 Å². The van der Waals surface area contributed by atoms with Gasteiger partial charge < -0.3 is 4.74 Å². The van der Waals surface area contributed by atoms with Crippen LogP contribution in [0.1, 0.15) is 17.3 Å². The molecule has 0 aromatic heterocycles. The molecule has 3 nitrogen and oxygen atoms in total. The molecule has 0 N–H and O–H groups in total. The van der Waals surface area contributed by atoms with E-state index in [-0.39, 0.29) is 18.9 Å². The number of ether oxygens (including phenoxy) is 1. The van der Waals surface area contributed by atoms with Gasteiger partial charge in [0, 0.05) is 6.08 Å². The average Bonchev–Trinajstić information content (AvgIpc) is 2.30. The summed E-state index contributed by atoms with van der Waals surface area (Å²) in [6.45, 7) is 1.82. The molecule has 0 heterocycles. The van der Waals surface area contributed by atoms with Gasteiger partial charge in [-0.05, 0) is 19.1 Å². The molecule has 4 heteroatoms. The van der Waals surface area contributed by atoms with E-state index in [9.17, 15) is 9.59 Å². The van der Waals surface area contributed by atoms with Crippen LogP contribution in [0.15, 0.2) is 54.6 Å². The fourth-order valence-electron chi connectivity index (χ4n) is 1.00. The zero-order valence-electron chi connectivity index (χ0n) is 8.92. The van der Waals surface area contributed by atoms with Crippen LogP contribution in [0.3, 0.4) is 0 Å². The average molecular weight is 224 g/mol. The van der Waals surface area contributed by atoms with E-state index in [0.717, 1.165) is 0 Å². The minimum absolute atomic E-state index is 0. The Bertz CT molecular complexity index is 422. The number of hydrogen-bond acceptors (Lipinski definition) is 3. The molecular formula is C13H13LiO3. The summed E-state index contributed by atoms with van der Waals surface area (Å²) in [5.74, 6) is -1.32. The van der Waals surface area contributed by atoms with Gasteiger partial charge >= 0.3 is 30.8 Å². The van der Waals surface area contributed by atoms with Crippen LogP contribution in [0.4, 0.5) is 0 Å². The summed E-state index contributed by atoms with van der Waals surface area (Å²) in [7, 11) is 0. The number of rotatable bonds is 3. The quantitative estimate of drug-likeness (QED) is 0.259. The van der Waals surface area contributed by atoms with Crippen molar-refractivity contribution in [2.24, 2.45) is 0 Å². The van der Waals surface area contributed by atoms with Gasteiger partial charge in [0.25, 0.3) is 0 Å². The Hall–Kier alpha value is -1.56. The summed E-state index contributed by atoms with van der Waals surface area (Å²) >= 11 is 0. The van der Waals surface area contributed by atoms with Crippen LogP contribution >= 0.6 is 0 Å². The molecule has 0 saturated carbocycles. The number of allylic oxidation sites excluding steroid dienone is 3. The van der Waals surface area contributed by atoms with Crippen molar-refractivity contribution in [3.63, 3.8) is 0 Å². The molecule has 0 aliphatic carbocycles. The molecule has 0 atom stereocenters. The van der Waals surface area contributed by atoms with Crippen molar-refractivity contribution < 1.29 is 14.3 Å². The van der Waals surface area contributed by atoms with Crippen LogP contribution in [0.2, 0.25) is 0 Å². The van der Waals surface area contributed by atoms with Crippen molar-refractivity contribution in [3.8, 4) is 0 Å². The Balaban J connectivity index is 0.00000256. The SMILES string of the molecule is C/C=C/C=C/C(=O)OC(=O)c1ccccc1.[LiH]. The number of hydrogen-bond donors (Lipinski definition) is 0. The maximum atomic E-state index is 11.4. The van der Waals surface area contributed by atoms with Crippen molar-refractivity contribution >= 4 is 30.8 Å². The van der Waals surface area contributed by atoms with Gasteiger partial charge in [-0.25, -0.2) is 9.59 Å². The zero-order valence-corrected chi connectivity index (χ0v) is 8.92. The number of carbonyl (C=O) groups excluding carboxylic acids is 2. The van der Waals surface area contributed by atoms with Gasteiger partial charge in [0.1, 0.15) is 0 Å². The second-order valence-electron chi connectivity index (χ2n) is 2.96. The summed E-state index contributed by atoms with van der Waals surface area (Å²) in [6, 6.07) is 8.37. The Labute approximate surface area is 112 Å². The van der Waals surface area contributed by atoms with E-state index in [2.05, 4.69) is 4.74 Å². The van der Waals surface area contributed by atoms with Gasteiger partial charge in [0.05, 0.1) is 5.56 Å². The molecule has 0 fully saturated rings. The fraction of sp³-hybridized carbons (Fsp3) is 0.0769. The molecular weight excluding hydrogens is 211 g/mol. The maximum absolute atomic E-state index is 11.4. The Kier molecular flexibility index (Phi) is 7.79. The second-order valence-corrected chi connectivity index (χ2v) is 2.96. The molecule has 84 valence electrons. The van der Waals surface area contributed by atoms with E-state index in [4.69, 9.17) is 0 Å². The van der Waals surface area contributed by atoms with Gasteiger partial charge in [-0.3, -0.25) is 0 Å². The summed E-state index contributed by atoms with van der Waals surface area (Å²) in [5.41, 5.74) is 0.357. The monoisotopic (exact) mass is 224 g/mol. The Morgan fingerprint density at radius 2 is 1.76 bits per heavy atom. The minimum atomic E-state index is -0.674. The Morgan fingerprint density at radius 1 is 1.12 bits per heavy atom. The molecule has 0 aliphatic heterocycles. The van der Waals surface area contributed by atoms with Gasteiger partial charge in [-0.2, -0.15) is 0 Å². The third-order valence-electron chi connectivity index (χ3n) is 1.74. The van der Waals surface area contributed by atoms with E-state index in [0.29, 0.717) is 5.56 Å². The molecule has 0 radical (unpaired) electrons. The van der Waals surface area contributed by atoms with Crippen molar-refractivity contribution in [1.29, 1.82) is 0 Å². The van der Waals surface area contributed by atoms with Crippen LogP contribution in [0, 0.1) is 0 Å². The molecule has 0 spiro atoms. The topological polar surface area (TPSA) is 43.4 Å². The number of benzene rings is 1. The zero-order chi connectivity index (χ0) is 11.8. The number of carbonyl (C=O) groups is 2. The van der Waals surface area contributed by atoms with Crippen LogP contribution in [-0.4, -0.2) is 30.8 Å². The second kappa shape index (κ2) is 8.57. The van der Waals surface area contributed by atoms with E-state index in [1.165, 1.54) is 12.2 Å². The molecule has 1 aromatic carbocycles. The molecule has 1 rings (SSSR count). The van der Waals surface area contributed by atoms with E-state index >= 15 is 0 Å². The van der Waals surface area contributed by atoms with Gasteiger partial charge in [-0.15, -0.1) is 0 Å². The molecule has 0 bridgehead atoms. The first-order valence-corrected chi connectivity index (χ1v) is 4.84. The molecule has 17 heavy (non-hydrogen) atoms. The fourth-order valence-corrected chi connectivity index (χ4v) is 1.00. The number of esters is 2. The first-order chi connectivity index (χ1) is 7.74. The van der Waals surface area contributed by atoms with Crippen LogP contribution < -0.4 is 0 Å². The van der Waals surface area contributed by atoms with Crippen molar-refractivity contribution in [2.75, 3.05) is 0 Å². The first-order valence-electron chi connectivity index (χ1n) is 4.84. The molecule has 0 amide bonds. The predicted octanol–water partition coefficient (Wildman–Crippen LogP) is 1.85. The van der Waals surface area contributed by atoms with Gasteiger partial charge in [0.2, 0.25) is 0 Å². The first kappa shape index (κ1) is 15.4. The summed E-state index contributed by atoms with van der Waals surface area (Å²) in [6.07, 6.45) is 6.15. The predicted molar refractivity (Wildman–Crippen MR) is 68.0 cm³/mol. The van der Waals surface area contributed by atoms with Crippen LogP contribution in [0.5, 0.6) is 0 Å². The molecule has 1 aromatic rings. The van der Waals surface area contributed by atoms with Crippen LogP contribution in [-0.2, 0) is 9.53 Å².